The van der Waals surface area contributed by atoms with Crippen LogP contribution in [0.5, 0.6) is 0 Å². The van der Waals surface area contributed by atoms with E-state index in [1.165, 1.54) is 10.4 Å². The summed E-state index contributed by atoms with van der Waals surface area (Å²) in [5, 5.41) is 5.52. The summed E-state index contributed by atoms with van der Waals surface area (Å²) < 4.78 is 0. The molecule has 0 aliphatic carbocycles. The van der Waals surface area contributed by atoms with Crippen LogP contribution >= 0.6 is 11.3 Å². The second-order valence-corrected chi connectivity index (χ2v) is 6.62. The van der Waals surface area contributed by atoms with E-state index in [9.17, 15) is 4.79 Å². The maximum Gasteiger partial charge on any atom is 0.223 e. The van der Waals surface area contributed by atoms with E-state index >= 15 is 0 Å². The average molecular weight is 278 g/mol. The zero-order chi connectivity index (χ0) is 13.2. The van der Waals surface area contributed by atoms with Gasteiger partial charge in [-0.1, -0.05) is 6.92 Å². The van der Waals surface area contributed by atoms with Gasteiger partial charge in [-0.15, -0.1) is 11.3 Å². The Balaban J connectivity index is 1.71. The van der Waals surface area contributed by atoms with Crippen molar-refractivity contribution >= 4 is 17.2 Å². The van der Waals surface area contributed by atoms with E-state index in [0.717, 1.165) is 45.3 Å². The third-order valence-corrected chi connectivity index (χ3v) is 5.42. The quantitative estimate of drug-likeness (QED) is 0.921. The predicted octanol–water partition coefficient (Wildman–Crippen LogP) is 2.58. The molecule has 3 rings (SSSR count). The predicted molar refractivity (Wildman–Crippen MR) is 78.4 cm³/mol. The summed E-state index contributed by atoms with van der Waals surface area (Å²) in [6, 6.07) is 2.53. The molecule has 1 amide bonds. The van der Waals surface area contributed by atoms with Gasteiger partial charge in [0.25, 0.3) is 0 Å². The maximum atomic E-state index is 12.6. The second kappa shape index (κ2) is 5.63. The highest BCUT2D eigenvalue weighted by Gasteiger charge is 2.31. The topological polar surface area (TPSA) is 32.3 Å². The first-order valence-corrected chi connectivity index (χ1v) is 8.24. The van der Waals surface area contributed by atoms with Crippen LogP contribution in [0.4, 0.5) is 0 Å². The van der Waals surface area contributed by atoms with Crippen LogP contribution in [0.25, 0.3) is 0 Å². The van der Waals surface area contributed by atoms with Crippen LogP contribution in [0.15, 0.2) is 11.4 Å². The standard InChI is InChI=1S/C15H22N2OS/c1-2-13-12-5-8-19-14(12)4-7-17(13)15(18)9-11-3-6-16-10-11/h5,8,11,13,16H,2-4,6-7,9-10H2,1H3. The summed E-state index contributed by atoms with van der Waals surface area (Å²) in [5.74, 6) is 0.909. The molecule has 1 saturated heterocycles. The SMILES string of the molecule is CCC1c2ccsc2CCN1C(=O)CC1CCNC1. The molecule has 3 nitrogen and oxygen atoms in total. The molecule has 0 bridgehead atoms. The number of nitrogens with one attached hydrogen (secondary N) is 1. The molecule has 1 N–H and O–H groups in total. The molecule has 0 spiro atoms. The van der Waals surface area contributed by atoms with Crippen LogP contribution in [0.3, 0.4) is 0 Å². The number of amides is 1. The van der Waals surface area contributed by atoms with Gasteiger partial charge in [0, 0.05) is 17.8 Å². The molecule has 0 saturated carbocycles. The van der Waals surface area contributed by atoms with Gasteiger partial charge in [0.05, 0.1) is 6.04 Å². The van der Waals surface area contributed by atoms with E-state index in [1.54, 1.807) is 0 Å². The third-order valence-electron chi connectivity index (χ3n) is 4.43. The summed E-state index contributed by atoms with van der Waals surface area (Å²) >= 11 is 1.84. The van der Waals surface area contributed by atoms with Crippen LogP contribution in [-0.2, 0) is 11.2 Å². The van der Waals surface area contributed by atoms with Crippen molar-refractivity contribution in [1.29, 1.82) is 0 Å². The maximum absolute atomic E-state index is 12.6. The van der Waals surface area contributed by atoms with E-state index in [1.807, 2.05) is 11.3 Å². The van der Waals surface area contributed by atoms with Crippen LogP contribution in [0.1, 0.15) is 42.7 Å². The van der Waals surface area contributed by atoms with E-state index < -0.39 is 0 Å². The first-order valence-electron chi connectivity index (χ1n) is 7.36. The number of rotatable bonds is 3. The lowest BCUT2D eigenvalue weighted by Crippen LogP contribution is -2.40. The minimum Gasteiger partial charge on any atom is -0.335 e. The highest BCUT2D eigenvalue weighted by molar-refractivity contribution is 7.10. The largest absolute Gasteiger partial charge is 0.335 e. The number of hydrogen-bond donors (Lipinski definition) is 1. The zero-order valence-corrected chi connectivity index (χ0v) is 12.3. The Hall–Kier alpha value is -0.870. The van der Waals surface area contributed by atoms with Crippen molar-refractivity contribution in [2.75, 3.05) is 19.6 Å². The molecule has 1 aromatic heterocycles. The van der Waals surface area contributed by atoms with Crippen molar-refractivity contribution in [3.63, 3.8) is 0 Å². The van der Waals surface area contributed by atoms with Crippen molar-refractivity contribution in [3.8, 4) is 0 Å². The lowest BCUT2D eigenvalue weighted by atomic mass is 9.96. The number of nitrogens with zero attached hydrogens (tertiary/aromatic N) is 1. The highest BCUT2D eigenvalue weighted by atomic mass is 32.1. The molecule has 2 aliphatic heterocycles. The fourth-order valence-electron chi connectivity index (χ4n) is 3.39. The normalized spacial score (nSPS) is 26.5. The lowest BCUT2D eigenvalue weighted by molar-refractivity contribution is -0.135. The molecule has 1 fully saturated rings. The molecule has 2 atom stereocenters. The zero-order valence-electron chi connectivity index (χ0n) is 11.5. The van der Waals surface area contributed by atoms with Gasteiger partial charge in [0.2, 0.25) is 5.91 Å². The van der Waals surface area contributed by atoms with Gasteiger partial charge in [-0.25, -0.2) is 0 Å². The second-order valence-electron chi connectivity index (χ2n) is 5.62. The van der Waals surface area contributed by atoms with E-state index in [0.29, 0.717) is 17.9 Å². The summed E-state index contributed by atoms with van der Waals surface area (Å²) in [7, 11) is 0. The number of hydrogen-bond acceptors (Lipinski definition) is 3. The summed E-state index contributed by atoms with van der Waals surface area (Å²) in [5.41, 5.74) is 1.40. The van der Waals surface area contributed by atoms with Crippen LogP contribution in [0.2, 0.25) is 0 Å². The molecular formula is C15H22N2OS. The smallest absolute Gasteiger partial charge is 0.223 e. The van der Waals surface area contributed by atoms with Gasteiger partial charge in [-0.2, -0.15) is 0 Å². The van der Waals surface area contributed by atoms with Crippen molar-refractivity contribution in [3.05, 3.63) is 21.9 Å². The van der Waals surface area contributed by atoms with Crippen molar-refractivity contribution in [2.24, 2.45) is 5.92 Å². The number of carbonyl (C=O) groups excluding carboxylic acids is 1. The van der Waals surface area contributed by atoms with Gasteiger partial charge in [0.15, 0.2) is 0 Å². The molecule has 2 aliphatic rings. The fourth-order valence-corrected chi connectivity index (χ4v) is 4.32. The lowest BCUT2D eigenvalue weighted by Gasteiger charge is -2.36. The van der Waals surface area contributed by atoms with Crippen molar-refractivity contribution in [2.45, 2.75) is 38.6 Å². The average Bonchev–Trinajstić information content (AvgIpc) is 3.07. The molecule has 1 aromatic rings. The highest BCUT2D eigenvalue weighted by Crippen LogP contribution is 2.35. The van der Waals surface area contributed by atoms with Gasteiger partial charge in [-0.05, 0) is 55.3 Å². The Morgan fingerprint density at radius 3 is 3.21 bits per heavy atom. The summed E-state index contributed by atoms with van der Waals surface area (Å²) in [6.45, 7) is 5.18. The molecule has 2 unspecified atom stereocenters. The van der Waals surface area contributed by atoms with Crippen LogP contribution < -0.4 is 5.32 Å². The van der Waals surface area contributed by atoms with Crippen LogP contribution in [0, 0.1) is 5.92 Å². The van der Waals surface area contributed by atoms with E-state index in [4.69, 9.17) is 0 Å². The van der Waals surface area contributed by atoms with Gasteiger partial charge in [-0.3, -0.25) is 4.79 Å². The monoisotopic (exact) mass is 278 g/mol. The Labute approximate surface area is 119 Å². The number of carbonyl (C=O) groups is 1. The van der Waals surface area contributed by atoms with Crippen LogP contribution in [-0.4, -0.2) is 30.4 Å². The van der Waals surface area contributed by atoms with Gasteiger partial charge in [0.1, 0.15) is 0 Å². The van der Waals surface area contributed by atoms with E-state index in [2.05, 4.69) is 28.6 Å². The Morgan fingerprint density at radius 2 is 2.47 bits per heavy atom. The molecule has 0 aromatic carbocycles. The van der Waals surface area contributed by atoms with Crippen molar-refractivity contribution in [1.82, 2.24) is 10.2 Å². The number of fused-ring (bicyclic) bond motifs is 1. The molecule has 0 radical (unpaired) electrons. The number of thiophene rings is 1. The Bertz CT molecular complexity index is 451. The first-order chi connectivity index (χ1) is 9.29. The molecule has 104 valence electrons. The minimum atomic E-state index is 0.317. The molecule has 4 heteroatoms. The first kappa shape index (κ1) is 13.1. The van der Waals surface area contributed by atoms with E-state index in [-0.39, 0.29) is 0 Å². The summed E-state index contributed by atoms with van der Waals surface area (Å²) in [6.07, 6.45) is 3.94. The van der Waals surface area contributed by atoms with Crippen molar-refractivity contribution < 1.29 is 4.79 Å². The molecule has 3 heterocycles. The van der Waals surface area contributed by atoms with Gasteiger partial charge >= 0.3 is 0 Å². The van der Waals surface area contributed by atoms with Gasteiger partial charge < -0.3 is 10.2 Å². The summed E-state index contributed by atoms with van der Waals surface area (Å²) in [4.78, 5) is 16.2. The Kier molecular flexibility index (Phi) is 3.89. The molecular weight excluding hydrogens is 256 g/mol. The third kappa shape index (κ3) is 2.56. The minimum absolute atomic E-state index is 0.317. The molecule has 19 heavy (non-hydrogen) atoms. The Morgan fingerprint density at radius 1 is 1.58 bits per heavy atom. The fraction of sp³-hybridized carbons (Fsp3) is 0.667.